The van der Waals surface area contributed by atoms with E-state index >= 15 is 0 Å². The molecule has 2 N–H and O–H groups in total. The molecule has 2 aromatic carbocycles. The predicted molar refractivity (Wildman–Crippen MR) is 111 cm³/mol. The van der Waals surface area contributed by atoms with E-state index in [1.807, 2.05) is 50.2 Å². The van der Waals surface area contributed by atoms with Crippen LogP contribution in [-0.2, 0) is 6.42 Å². The largest absolute Gasteiger partial charge is 0.497 e. The van der Waals surface area contributed by atoms with Crippen LogP contribution in [0.5, 0.6) is 5.75 Å². The zero-order valence-electron chi connectivity index (χ0n) is 16.3. The third-order valence-electron chi connectivity index (χ3n) is 4.26. The van der Waals surface area contributed by atoms with E-state index in [-0.39, 0.29) is 5.91 Å². The zero-order chi connectivity index (χ0) is 19.9. The van der Waals surface area contributed by atoms with Crippen molar-refractivity contribution in [1.29, 1.82) is 0 Å². The van der Waals surface area contributed by atoms with Gasteiger partial charge in [0.25, 0.3) is 5.91 Å². The fourth-order valence-corrected chi connectivity index (χ4v) is 2.95. The maximum Gasteiger partial charge on any atom is 0.274 e. The second-order valence-electron chi connectivity index (χ2n) is 6.64. The van der Waals surface area contributed by atoms with Gasteiger partial charge in [0.05, 0.1) is 7.11 Å². The van der Waals surface area contributed by atoms with Crippen LogP contribution in [0.2, 0.25) is 0 Å². The fraction of sp³-hybridized carbons (Fsp3) is 0.227. The summed E-state index contributed by atoms with van der Waals surface area (Å²) in [4.78, 5) is 20.8. The minimum Gasteiger partial charge on any atom is -0.497 e. The topological polar surface area (TPSA) is 76.1 Å². The van der Waals surface area contributed by atoms with E-state index in [1.165, 1.54) is 11.9 Å². The molecule has 144 valence electrons. The summed E-state index contributed by atoms with van der Waals surface area (Å²) < 4.78 is 5.16. The van der Waals surface area contributed by atoms with Crippen molar-refractivity contribution in [2.45, 2.75) is 20.3 Å². The number of hydrogen-bond donors (Lipinski definition) is 2. The molecule has 28 heavy (non-hydrogen) atoms. The first-order chi connectivity index (χ1) is 13.5. The van der Waals surface area contributed by atoms with Gasteiger partial charge in [-0.15, -0.1) is 0 Å². The number of amides is 1. The van der Waals surface area contributed by atoms with E-state index in [9.17, 15) is 4.79 Å². The number of anilines is 2. The lowest BCUT2D eigenvalue weighted by Gasteiger charge is -2.09. The Kier molecular flexibility index (Phi) is 6.22. The van der Waals surface area contributed by atoms with Crippen LogP contribution in [0.4, 0.5) is 11.5 Å². The first-order valence-electron chi connectivity index (χ1n) is 9.12. The Balaban J connectivity index is 1.58. The van der Waals surface area contributed by atoms with E-state index < -0.39 is 0 Å². The van der Waals surface area contributed by atoms with Crippen LogP contribution >= 0.6 is 0 Å². The molecule has 6 heteroatoms. The molecule has 0 unspecified atom stereocenters. The van der Waals surface area contributed by atoms with Crippen LogP contribution in [0.1, 0.15) is 27.2 Å². The van der Waals surface area contributed by atoms with Crippen LogP contribution in [0.3, 0.4) is 0 Å². The number of aryl methyl sites for hydroxylation is 2. The molecule has 0 atom stereocenters. The molecule has 3 rings (SSSR count). The van der Waals surface area contributed by atoms with Gasteiger partial charge in [-0.2, -0.15) is 0 Å². The summed E-state index contributed by atoms with van der Waals surface area (Å²) in [6.45, 7) is 4.69. The van der Waals surface area contributed by atoms with Crippen molar-refractivity contribution >= 4 is 17.4 Å². The highest BCUT2D eigenvalue weighted by atomic mass is 16.5. The number of aromatic nitrogens is 2. The molecular weight excluding hydrogens is 352 g/mol. The molecule has 0 aliphatic heterocycles. The monoisotopic (exact) mass is 376 g/mol. The number of ether oxygens (including phenoxy) is 1. The number of rotatable bonds is 7. The summed E-state index contributed by atoms with van der Waals surface area (Å²) in [6, 6.07) is 15.5. The quantitative estimate of drug-likeness (QED) is 0.652. The molecule has 1 aromatic heterocycles. The Bertz CT molecular complexity index is 935. The Morgan fingerprint density at radius 2 is 1.71 bits per heavy atom. The van der Waals surface area contributed by atoms with Gasteiger partial charge in [-0.25, -0.2) is 9.97 Å². The molecule has 0 aliphatic rings. The molecular formula is C22H24N4O2. The Morgan fingerprint density at radius 3 is 2.39 bits per heavy atom. The van der Waals surface area contributed by atoms with Crippen LogP contribution in [-0.4, -0.2) is 29.5 Å². The second-order valence-corrected chi connectivity index (χ2v) is 6.64. The molecule has 0 aliphatic carbocycles. The van der Waals surface area contributed by atoms with Crippen molar-refractivity contribution in [3.63, 3.8) is 0 Å². The van der Waals surface area contributed by atoms with E-state index in [1.54, 1.807) is 13.2 Å². The molecule has 1 heterocycles. The number of nitrogens with zero attached hydrogens (tertiary/aromatic N) is 2. The van der Waals surface area contributed by atoms with E-state index in [0.717, 1.165) is 29.0 Å². The van der Waals surface area contributed by atoms with Crippen LogP contribution in [0.25, 0.3) is 0 Å². The molecule has 0 fully saturated rings. The molecule has 1 amide bonds. The summed E-state index contributed by atoms with van der Waals surface area (Å²) in [6.07, 6.45) is 2.23. The average molecular weight is 376 g/mol. The molecule has 0 radical (unpaired) electrons. The number of benzene rings is 2. The van der Waals surface area contributed by atoms with Gasteiger partial charge in [0.15, 0.2) is 0 Å². The SMILES string of the molecule is COc1ccc(CCNc2cc(C(=O)Nc3cc(C)cc(C)c3)ncn2)cc1. The van der Waals surface area contributed by atoms with E-state index in [0.29, 0.717) is 18.1 Å². The highest BCUT2D eigenvalue weighted by molar-refractivity contribution is 6.03. The molecule has 6 nitrogen and oxygen atoms in total. The highest BCUT2D eigenvalue weighted by Crippen LogP contribution is 2.15. The highest BCUT2D eigenvalue weighted by Gasteiger charge is 2.10. The summed E-state index contributed by atoms with van der Waals surface area (Å²) in [5, 5.41) is 6.13. The summed E-state index contributed by atoms with van der Waals surface area (Å²) in [5.74, 6) is 1.20. The van der Waals surface area contributed by atoms with Crippen LogP contribution in [0.15, 0.2) is 54.9 Å². The minimum absolute atomic E-state index is 0.259. The number of carbonyl (C=O) groups excluding carboxylic acids is 1. The van der Waals surface area contributed by atoms with Gasteiger partial charge in [0.1, 0.15) is 23.6 Å². The van der Waals surface area contributed by atoms with Gasteiger partial charge in [0, 0.05) is 18.3 Å². The lowest BCUT2D eigenvalue weighted by Crippen LogP contribution is -2.15. The van der Waals surface area contributed by atoms with Crippen LogP contribution in [0, 0.1) is 13.8 Å². The molecule has 0 spiro atoms. The van der Waals surface area contributed by atoms with Crippen molar-refractivity contribution in [2.24, 2.45) is 0 Å². The fourth-order valence-electron chi connectivity index (χ4n) is 2.95. The Morgan fingerprint density at radius 1 is 1.00 bits per heavy atom. The molecule has 0 bridgehead atoms. The van der Waals surface area contributed by atoms with Crippen molar-refractivity contribution in [3.05, 3.63) is 77.2 Å². The van der Waals surface area contributed by atoms with Gasteiger partial charge in [-0.05, 0) is 61.2 Å². The average Bonchev–Trinajstić information content (AvgIpc) is 2.68. The summed E-state index contributed by atoms with van der Waals surface area (Å²) in [5.41, 5.74) is 4.46. The van der Waals surface area contributed by atoms with Crippen molar-refractivity contribution in [1.82, 2.24) is 9.97 Å². The summed E-state index contributed by atoms with van der Waals surface area (Å²) >= 11 is 0. The standard InChI is InChI=1S/C22H24N4O2/c1-15-10-16(2)12-18(11-15)26-22(27)20-13-21(25-14-24-20)23-9-8-17-4-6-19(28-3)7-5-17/h4-7,10-14H,8-9H2,1-3H3,(H,26,27)(H,23,24,25). The minimum atomic E-state index is -0.259. The number of nitrogens with one attached hydrogen (secondary N) is 2. The number of methoxy groups -OCH3 is 1. The third kappa shape index (κ3) is 5.30. The Hall–Kier alpha value is -3.41. The van der Waals surface area contributed by atoms with Gasteiger partial charge in [-0.3, -0.25) is 4.79 Å². The predicted octanol–water partition coefficient (Wildman–Crippen LogP) is 4.01. The molecule has 0 saturated heterocycles. The van der Waals surface area contributed by atoms with Gasteiger partial charge in [-0.1, -0.05) is 18.2 Å². The van der Waals surface area contributed by atoms with Crippen molar-refractivity contribution < 1.29 is 9.53 Å². The van der Waals surface area contributed by atoms with Crippen molar-refractivity contribution in [2.75, 3.05) is 24.3 Å². The van der Waals surface area contributed by atoms with E-state index in [2.05, 4.69) is 26.7 Å². The van der Waals surface area contributed by atoms with Gasteiger partial charge in [0.2, 0.25) is 0 Å². The lowest BCUT2D eigenvalue weighted by atomic mass is 10.1. The maximum atomic E-state index is 12.5. The zero-order valence-corrected chi connectivity index (χ0v) is 16.3. The third-order valence-corrected chi connectivity index (χ3v) is 4.26. The Labute approximate surface area is 165 Å². The first-order valence-corrected chi connectivity index (χ1v) is 9.12. The normalized spacial score (nSPS) is 10.4. The number of hydrogen-bond acceptors (Lipinski definition) is 5. The molecule has 3 aromatic rings. The summed E-state index contributed by atoms with van der Waals surface area (Å²) in [7, 11) is 1.65. The second kappa shape index (κ2) is 8.99. The maximum absolute atomic E-state index is 12.5. The lowest BCUT2D eigenvalue weighted by molar-refractivity contribution is 0.102. The van der Waals surface area contributed by atoms with E-state index in [4.69, 9.17) is 4.74 Å². The van der Waals surface area contributed by atoms with Gasteiger partial charge < -0.3 is 15.4 Å². The van der Waals surface area contributed by atoms with Crippen LogP contribution < -0.4 is 15.4 Å². The van der Waals surface area contributed by atoms with Gasteiger partial charge >= 0.3 is 0 Å². The smallest absolute Gasteiger partial charge is 0.274 e. The number of carbonyl (C=O) groups is 1. The van der Waals surface area contributed by atoms with Crippen molar-refractivity contribution in [3.8, 4) is 5.75 Å². The first kappa shape index (κ1) is 19.4. The molecule has 0 saturated carbocycles.